The van der Waals surface area contributed by atoms with Crippen molar-refractivity contribution in [2.75, 3.05) is 18.2 Å². The van der Waals surface area contributed by atoms with Crippen LogP contribution in [0.25, 0.3) is 0 Å². The monoisotopic (exact) mass is 479 g/mol. The van der Waals surface area contributed by atoms with E-state index in [-0.39, 0.29) is 30.0 Å². The van der Waals surface area contributed by atoms with Crippen LogP contribution in [0.5, 0.6) is 5.75 Å². The van der Waals surface area contributed by atoms with E-state index in [9.17, 15) is 9.59 Å². The number of nitrogens with one attached hydrogen (secondary N) is 2. The van der Waals surface area contributed by atoms with Crippen LogP contribution in [0.3, 0.4) is 0 Å². The van der Waals surface area contributed by atoms with Crippen molar-refractivity contribution in [1.82, 2.24) is 20.1 Å². The van der Waals surface area contributed by atoms with Crippen molar-refractivity contribution in [3.05, 3.63) is 78.1 Å². The standard InChI is InChI=1S/C25H29N5O3S/c1-5-13-30-24(18(3)26-22(31)15-19-9-11-21(33-4)12-10-19)28-29-25(30)34-16-23(32)27-20-8-6-7-17(2)14-20/h5-12,14,18H,1,13,15-16H2,2-4H3,(H,26,31)(H,27,32)/t18-/m1/s1. The molecule has 9 heteroatoms. The Kier molecular flexibility index (Phi) is 8.86. The van der Waals surface area contributed by atoms with Gasteiger partial charge in [-0.3, -0.25) is 9.59 Å². The van der Waals surface area contributed by atoms with Gasteiger partial charge in [-0.2, -0.15) is 0 Å². The van der Waals surface area contributed by atoms with Gasteiger partial charge in [0.05, 0.1) is 25.3 Å². The molecule has 0 saturated carbocycles. The maximum absolute atomic E-state index is 12.6. The SMILES string of the molecule is C=CCn1c(SCC(=O)Nc2cccc(C)c2)nnc1[C@@H](C)NC(=O)Cc1ccc(OC)cc1. The summed E-state index contributed by atoms with van der Waals surface area (Å²) in [5.41, 5.74) is 2.71. The van der Waals surface area contributed by atoms with Crippen molar-refractivity contribution < 1.29 is 14.3 Å². The molecule has 178 valence electrons. The highest BCUT2D eigenvalue weighted by atomic mass is 32.2. The molecule has 0 fully saturated rings. The fourth-order valence-electron chi connectivity index (χ4n) is 3.36. The molecule has 2 N–H and O–H groups in total. The van der Waals surface area contributed by atoms with Crippen LogP contribution in [0.4, 0.5) is 5.69 Å². The number of aryl methyl sites for hydroxylation is 1. The molecule has 0 saturated heterocycles. The van der Waals surface area contributed by atoms with Gasteiger partial charge in [0.1, 0.15) is 5.75 Å². The van der Waals surface area contributed by atoms with Crippen LogP contribution in [0.15, 0.2) is 66.3 Å². The second-order valence-electron chi connectivity index (χ2n) is 7.76. The van der Waals surface area contributed by atoms with Gasteiger partial charge in [0.2, 0.25) is 11.8 Å². The molecule has 0 unspecified atom stereocenters. The highest BCUT2D eigenvalue weighted by Gasteiger charge is 2.20. The van der Waals surface area contributed by atoms with E-state index < -0.39 is 0 Å². The molecular formula is C25H29N5O3S. The number of aromatic nitrogens is 3. The van der Waals surface area contributed by atoms with E-state index in [1.807, 2.05) is 66.9 Å². The van der Waals surface area contributed by atoms with Gasteiger partial charge in [0.25, 0.3) is 0 Å². The van der Waals surface area contributed by atoms with Gasteiger partial charge in [0, 0.05) is 12.2 Å². The average Bonchev–Trinajstić information content (AvgIpc) is 3.21. The molecule has 34 heavy (non-hydrogen) atoms. The summed E-state index contributed by atoms with van der Waals surface area (Å²) in [6.07, 6.45) is 1.97. The summed E-state index contributed by atoms with van der Waals surface area (Å²) < 4.78 is 7.01. The maximum Gasteiger partial charge on any atom is 0.234 e. The molecule has 1 heterocycles. The Bertz CT molecular complexity index is 1140. The lowest BCUT2D eigenvalue weighted by atomic mass is 10.1. The molecule has 1 atom stereocenters. The Labute approximate surface area is 203 Å². The number of carbonyl (C=O) groups excluding carboxylic acids is 2. The van der Waals surface area contributed by atoms with E-state index >= 15 is 0 Å². The van der Waals surface area contributed by atoms with Crippen LogP contribution in [0.1, 0.15) is 29.9 Å². The predicted molar refractivity (Wildman–Crippen MR) is 134 cm³/mol. The number of anilines is 1. The smallest absolute Gasteiger partial charge is 0.234 e. The van der Waals surface area contributed by atoms with E-state index in [1.165, 1.54) is 11.8 Å². The van der Waals surface area contributed by atoms with Crippen LogP contribution >= 0.6 is 11.8 Å². The number of benzene rings is 2. The van der Waals surface area contributed by atoms with Crippen molar-refractivity contribution in [3.8, 4) is 5.75 Å². The summed E-state index contributed by atoms with van der Waals surface area (Å²) >= 11 is 1.29. The lowest BCUT2D eigenvalue weighted by Gasteiger charge is -2.15. The Morgan fingerprint density at radius 1 is 1.18 bits per heavy atom. The van der Waals surface area contributed by atoms with Gasteiger partial charge in [-0.15, -0.1) is 16.8 Å². The quantitative estimate of drug-likeness (QED) is 0.319. The fraction of sp³-hybridized carbons (Fsp3) is 0.280. The summed E-state index contributed by atoms with van der Waals surface area (Å²) in [7, 11) is 1.60. The number of amides is 2. The molecule has 3 rings (SSSR count). The minimum absolute atomic E-state index is 0.127. The molecule has 0 aliphatic heterocycles. The maximum atomic E-state index is 12.6. The number of methoxy groups -OCH3 is 1. The van der Waals surface area contributed by atoms with Crippen LogP contribution in [-0.4, -0.2) is 39.4 Å². The van der Waals surface area contributed by atoms with Crippen molar-refractivity contribution in [2.45, 2.75) is 38.0 Å². The Morgan fingerprint density at radius 2 is 1.94 bits per heavy atom. The first kappa shape index (κ1) is 25.0. The fourth-order valence-corrected chi connectivity index (χ4v) is 4.12. The number of carbonyl (C=O) groups is 2. The van der Waals surface area contributed by atoms with Crippen LogP contribution < -0.4 is 15.4 Å². The number of hydrogen-bond acceptors (Lipinski definition) is 6. The number of allylic oxidation sites excluding steroid dienone is 1. The van der Waals surface area contributed by atoms with Gasteiger partial charge in [-0.1, -0.05) is 42.1 Å². The highest BCUT2D eigenvalue weighted by Crippen LogP contribution is 2.21. The molecular weight excluding hydrogens is 450 g/mol. The van der Waals surface area contributed by atoms with E-state index in [4.69, 9.17) is 4.74 Å². The molecule has 3 aromatic rings. The van der Waals surface area contributed by atoms with Gasteiger partial charge in [-0.25, -0.2) is 0 Å². The molecule has 8 nitrogen and oxygen atoms in total. The summed E-state index contributed by atoms with van der Waals surface area (Å²) in [5, 5.41) is 15.0. The summed E-state index contributed by atoms with van der Waals surface area (Å²) in [4.78, 5) is 25.0. The summed E-state index contributed by atoms with van der Waals surface area (Å²) in [6.45, 7) is 8.09. The predicted octanol–water partition coefficient (Wildman–Crippen LogP) is 3.93. The molecule has 2 aromatic carbocycles. The summed E-state index contributed by atoms with van der Waals surface area (Å²) in [5.74, 6) is 1.27. The van der Waals surface area contributed by atoms with Crippen molar-refractivity contribution >= 4 is 29.3 Å². The minimum Gasteiger partial charge on any atom is -0.497 e. The first-order valence-corrected chi connectivity index (χ1v) is 11.8. The molecule has 0 aliphatic carbocycles. The van der Waals surface area contributed by atoms with E-state index in [2.05, 4.69) is 27.4 Å². The van der Waals surface area contributed by atoms with Gasteiger partial charge in [0.15, 0.2) is 11.0 Å². The summed E-state index contributed by atoms with van der Waals surface area (Å²) in [6, 6.07) is 14.6. The van der Waals surface area contributed by atoms with Gasteiger partial charge < -0.3 is 19.9 Å². The normalized spacial score (nSPS) is 11.5. The number of ether oxygens (including phenoxy) is 1. The second-order valence-corrected chi connectivity index (χ2v) is 8.70. The average molecular weight is 480 g/mol. The zero-order chi connectivity index (χ0) is 24.5. The van der Waals surface area contributed by atoms with Gasteiger partial charge >= 0.3 is 0 Å². The van der Waals surface area contributed by atoms with E-state index in [1.54, 1.807) is 13.2 Å². The number of thioether (sulfide) groups is 1. The van der Waals surface area contributed by atoms with Crippen molar-refractivity contribution in [2.24, 2.45) is 0 Å². The molecule has 0 aliphatic rings. The Balaban J connectivity index is 1.60. The lowest BCUT2D eigenvalue weighted by Crippen LogP contribution is -2.30. The lowest BCUT2D eigenvalue weighted by molar-refractivity contribution is -0.121. The Hall–Kier alpha value is -3.59. The van der Waals surface area contributed by atoms with Crippen LogP contribution in [-0.2, 0) is 22.6 Å². The van der Waals surface area contributed by atoms with E-state index in [0.717, 1.165) is 22.6 Å². The third kappa shape index (κ3) is 6.95. The third-order valence-corrected chi connectivity index (χ3v) is 5.95. The van der Waals surface area contributed by atoms with E-state index in [0.29, 0.717) is 17.5 Å². The van der Waals surface area contributed by atoms with Crippen LogP contribution in [0, 0.1) is 6.92 Å². The third-order valence-electron chi connectivity index (χ3n) is 4.98. The topological polar surface area (TPSA) is 98.1 Å². The highest BCUT2D eigenvalue weighted by molar-refractivity contribution is 7.99. The first-order chi connectivity index (χ1) is 16.4. The van der Waals surface area contributed by atoms with Crippen LogP contribution in [0.2, 0.25) is 0 Å². The molecule has 1 aromatic heterocycles. The van der Waals surface area contributed by atoms with Crippen molar-refractivity contribution in [3.63, 3.8) is 0 Å². The number of nitrogens with zero attached hydrogens (tertiary/aromatic N) is 3. The molecule has 0 spiro atoms. The first-order valence-electron chi connectivity index (χ1n) is 10.8. The number of rotatable bonds is 11. The zero-order valence-electron chi connectivity index (χ0n) is 19.6. The Morgan fingerprint density at radius 3 is 2.62 bits per heavy atom. The molecule has 0 radical (unpaired) electrons. The van der Waals surface area contributed by atoms with Gasteiger partial charge in [-0.05, 0) is 49.2 Å². The number of hydrogen-bond donors (Lipinski definition) is 2. The zero-order valence-corrected chi connectivity index (χ0v) is 20.4. The molecule has 2 amide bonds. The minimum atomic E-state index is -0.367. The molecule has 0 bridgehead atoms. The second kappa shape index (κ2) is 12.0. The van der Waals surface area contributed by atoms with Crippen molar-refractivity contribution in [1.29, 1.82) is 0 Å². The largest absolute Gasteiger partial charge is 0.497 e.